The summed E-state index contributed by atoms with van der Waals surface area (Å²) in [7, 11) is 1.77. The minimum Gasteiger partial charge on any atom is -0.349 e. The van der Waals surface area contributed by atoms with Crippen LogP contribution in [0.2, 0.25) is 0 Å². The number of rotatable bonds is 6. The summed E-state index contributed by atoms with van der Waals surface area (Å²) in [5.74, 6) is 0.413. The maximum atomic E-state index is 11.7. The van der Waals surface area contributed by atoms with Crippen molar-refractivity contribution < 1.29 is 4.92 Å². The van der Waals surface area contributed by atoms with E-state index < -0.39 is 4.92 Å². The molecule has 1 heterocycles. The molecular weight excluding hydrogens is 398 g/mol. The van der Waals surface area contributed by atoms with Gasteiger partial charge in [-0.05, 0) is 29.8 Å². The van der Waals surface area contributed by atoms with Gasteiger partial charge in [-0.25, -0.2) is 9.97 Å². The number of nitrogens with one attached hydrogen (secondary N) is 1. The highest BCUT2D eigenvalue weighted by molar-refractivity contribution is 9.10. The Bertz CT molecular complexity index is 903. The van der Waals surface area contributed by atoms with E-state index in [2.05, 4.69) is 31.2 Å². The van der Waals surface area contributed by atoms with Crippen LogP contribution in [0.15, 0.2) is 65.4 Å². The maximum Gasteiger partial charge on any atom is 0.353 e. The minimum absolute atomic E-state index is 0.155. The molecule has 0 aliphatic heterocycles. The second-order valence-corrected chi connectivity index (χ2v) is 6.54. The Hall–Kier alpha value is -3.00. The van der Waals surface area contributed by atoms with Gasteiger partial charge in [-0.15, -0.1) is 0 Å². The van der Waals surface area contributed by atoms with Crippen molar-refractivity contribution in [2.75, 3.05) is 17.3 Å². The summed E-state index contributed by atoms with van der Waals surface area (Å²) in [4.78, 5) is 21.2. The number of nitro groups is 1. The van der Waals surface area contributed by atoms with Crippen molar-refractivity contribution in [1.29, 1.82) is 0 Å². The Morgan fingerprint density at radius 3 is 2.46 bits per heavy atom. The van der Waals surface area contributed by atoms with Crippen LogP contribution in [0.25, 0.3) is 0 Å². The molecule has 0 fully saturated rings. The van der Waals surface area contributed by atoms with Gasteiger partial charge in [0.15, 0.2) is 0 Å². The van der Waals surface area contributed by atoms with Crippen LogP contribution in [0, 0.1) is 10.1 Å². The lowest BCUT2D eigenvalue weighted by molar-refractivity contribution is -0.383. The van der Waals surface area contributed by atoms with Gasteiger partial charge < -0.3 is 10.2 Å². The van der Waals surface area contributed by atoms with Crippen molar-refractivity contribution >= 4 is 38.9 Å². The Balaban J connectivity index is 1.93. The molecule has 8 heteroatoms. The van der Waals surface area contributed by atoms with E-state index in [0.717, 1.165) is 10.0 Å². The van der Waals surface area contributed by atoms with E-state index >= 15 is 0 Å². The summed E-state index contributed by atoms with van der Waals surface area (Å²) in [5.41, 5.74) is 1.57. The summed E-state index contributed by atoms with van der Waals surface area (Å²) < 4.78 is 0.920. The molecule has 3 rings (SSSR count). The van der Waals surface area contributed by atoms with Crippen LogP contribution in [0.4, 0.5) is 23.0 Å². The lowest BCUT2D eigenvalue weighted by Crippen LogP contribution is -2.20. The van der Waals surface area contributed by atoms with E-state index in [1.54, 1.807) is 11.9 Å². The van der Waals surface area contributed by atoms with Crippen LogP contribution in [0.1, 0.15) is 5.56 Å². The number of halogens is 1. The third-order valence-corrected chi connectivity index (χ3v) is 4.25. The van der Waals surface area contributed by atoms with Crippen LogP contribution in [-0.2, 0) is 6.54 Å². The number of aromatic nitrogens is 2. The highest BCUT2D eigenvalue weighted by Gasteiger charge is 2.25. The van der Waals surface area contributed by atoms with Crippen LogP contribution in [0.5, 0.6) is 0 Å². The molecule has 0 saturated carbocycles. The molecule has 0 bridgehead atoms. The molecule has 0 radical (unpaired) electrons. The zero-order valence-corrected chi connectivity index (χ0v) is 15.5. The van der Waals surface area contributed by atoms with Gasteiger partial charge in [-0.1, -0.05) is 46.3 Å². The SMILES string of the molecule is CN(Cc1ccccc1)c1ncnc(Nc2ccc(Br)cc2)c1[N+](=O)[O-]. The minimum atomic E-state index is -0.460. The third-order valence-electron chi connectivity index (χ3n) is 3.72. The van der Waals surface area contributed by atoms with Gasteiger partial charge in [-0.2, -0.15) is 0 Å². The van der Waals surface area contributed by atoms with E-state index in [1.165, 1.54) is 6.33 Å². The Morgan fingerprint density at radius 2 is 1.81 bits per heavy atom. The van der Waals surface area contributed by atoms with Crippen molar-refractivity contribution in [1.82, 2.24) is 9.97 Å². The van der Waals surface area contributed by atoms with Gasteiger partial charge in [0.25, 0.3) is 0 Å². The van der Waals surface area contributed by atoms with Gasteiger partial charge in [0.2, 0.25) is 11.6 Å². The van der Waals surface area contributed by atoms with Crippen LogP contribution in [-0.4, -0.2) is 21.9 Å². The lowest BCUT2D eigenvalue weighted by Gasteiger charge is -2.19. The predicted octanol–water partition coefficient (Wildman–Crippen LogP) is 4.53. The number of nitrogens with zero attached hydrogens (tertiary/aromatic N) is 4. The molecule has 0 atom stereocenters. The Kier molecular flexibility index (Phi) is 5.43. The van der Waals surface area contributed by atoms with E-state index in [1.807, 2.05) is 54.6 Å². The molecule has 26 heavy (non-hydrogen) atoms. The first kappa shape index (κ1) is 17.8. The summed E-state index contributed by atoms with van der Waals surface area (Å²) in [5, 5.41) is 14.7. The van der Waals surface area contributed by atoms with Crippen molar-refractivity contribution in [3.8, 4) is 0 Å². The van der Waals surface area contributed by atoms with Gasteiger partial charge in [0, 0.05) is 23.8 Å². The smallest absolute Gasteiger partial charge is 0.349 e. The maximum absolute atomic E-state index is 11.7. The predicted molar refractivity (Wildman–Crippen MR) is 105 cm³/mol. The largest absolute Gasteiger partial charge is 0.353 e. The Labute approximate surface area is 159 Å². The topological polar surface area (TPSA) is 84.2 Å². The molecule has 7 nitrogen and oxygen atoms in total. The van der Waals surface area contributed by atoms with Gasteiger partial charge in [0.1, 0.15) is 6.33 Å². The highest BCUT2D eigenvalue weighted by atomic mass is 79.9. The second kappa shape index (κ2) is 7.92. The molecular formula is C18H16BrN5O2. The molecule has 0 spiro atoms. The summed E-state index contributed by atoms with van der Waals surface area (Å²) >= 11 is 3.36. The summed E-state index contributed by atoms with van der Waals surface area (Å²) in [6.45, 7) is 0.496. The van der Waals surface area contributed by atoms with Gasteiger partial charge >= 0.3 is 5.69 Å². The normalized spacial score (nSPS) is 10.4. The number of hydrogen-bond acceptors (Lipinski definition) is 6. The van der Waals surface area contributed by atoms with E-state index in [-0.39, 0.29) is 17.3 Å². The molecule has 2 aromatic carbocycles. The molecule has 0 unspecified atom stereocenters. The summed E-state index contributed by atoms with van der Waals surface area (Å²) in [6, 6.07) is 17.0. The Morgan fingerprint density at radius 1 is 1.12 bits per heavy atom. The van der Waals surface area contributed by atoms with E-state index in [4.69, 9.17) is 0 Å². The zero-order valence-electron chi connectivity index (χ0n) is 14.0. The number of hydrogen-bond donors (Lipinski definition) is 1. The molecule has 1 aromatic heterocycles. The fourth-order valence-electron chi connectivity index (χ4n) is 2.51. The van der Waals surface area contributed by atoms with Gasteiger partial charge in [0.05, 0.1) is 4.92 Å². The van der Waals surface area contributed by atoms with Crippen molar-refractivity contribution in [3.05, 3.63) is 81.1 Å². The van der Waals surface area contributed by atoms with E-state index in [9.17, 15) is 10.1 Å². The van der Waals surface area contributed by atoms with Crippen LogP contribution < -0.4 is 10.2 Å². The number of anilines is 3. The van der Waals surface area contributed by atoms with Gasteiger partial charge in [-0.3, -0.25) is 10.1 Å². The molecule has 0 saturated heterocycles. The fraction of sp³-hybridized carbons (Fsp3) is 0.111. The first-order valence-electron chi connectivity index (χ1n) is 7.81. The molecule has 3 aromatic rings. The third kappa shape index (κ3) is 4.15. The molecule has 0 aliphatic carbocycles. The van der Waals surface area contributed by atoms with Crippen molar-refractivity contribution in [3.63, 3.8) is 0 Å². The second-order valence-electron chi connectivity index (χ2n) is 5.63. The first-order chi connectivity index (χ1) is 12.5. The monoisotopic (exact) mass is 413 g/mol. The van der Waals surface area contributed by atoms with E-state index in [0.29, 0.717) is 12.2 Å². The van der Waals surface area contributed by atoms with Crippen molar-refractivity contribution in [2.45, 2.75) is 6.54 Å². The average molecular weight is 414 g/mol. The molecule has 0 aliphatic rings. The molecule has 0 amide bonds. The lowest BCUT2D eigenvalue weighted by atomic mass is 10.2. The van der Waals surface area contributed by atoms with Crippen LogP contribution >= 0.6 is 15.9 Å². The fourth-order valence-corrected chi connectivity index (χ4v) is 2.77. The first-order valence-corrected chi connectivity index (χ1v) is 8.61. The van der Waals surface area contributed by atoms with Crippen LogP contribution in [0.3, 0.4) is 0 Å². The highest BCUT2D eigenvalue weighted by Crippen LogP contribution is 2.33. The quantitative estimate of drug-likeness (QED) is 0.472. The zero-order chi connectivity index (χ0) is 18.5. The molecule has 132 valence electrons. The molecule has 1 N–H and O–H groups in total. The van der Waals surface area contributed by atoms with Crippen molar-refractivity contribution in [2.24, 2.45) is 0 Å². The number of benzene rings is 2. The standard InChI is InChI=1S/C18H16BrN5O2/c1-23(11-13-5-3-2-4-6-13)18-16(24(25)26)17(20-12-21-18)22-15-9-7-14(19)8-10-15/h2-10,12H,11H2,1H3,(H,20,21,22). The summed E-state index contributed by atoms with van der Waals surface area (Å²) in [6.07, 6.45) is 1.32. The average Bonchev–Trinajstić information content (AvgIpc) is 2.64.